The summed E-state index contributed by atoms with van der Waals surface area (Å²) in [7, 11) is 0. The van der Waals surface area contributed by atoms with Gasteiger partial charge < -0.3 is 15.3 Å². The number of carbonyl (C=O) groups excluding carboxylic acids is 1. The van der Waals surface area contributed by atoms with Crippen LogP contribution in [-0.4, -0.2) is 40.1 Å². The fraction of sp³-hybridized carbons (Fsp3) is 0.462. The monoisotopic (exact) mass is 263 g/mol. The van der Waals surface area contributed by atoms with Gasteiger partial charge in [0.05, 0.1) is 17.3 Å². The van der Waals surface area contributed by atoms with Gasteiger partial charge in [-0.15, -0.1) is 0 Å². The van der Waals surface area contributed by atoms with Gasteiger partial charge in [-0.25, -0.2) is 4.79 Å². The predicted octanol–water partition coefficient (Wildman–Crippen LogP) is 1.72. The lowest BCUT2D eigenvalue weighted by Crippen LogP contribution is -2.44. The summed E-state index contributed by atoms with van der Waals surface area (Å²) in [5.74, 6) is -1.30. The maximum absolute atomic E-state index is 12.1. The number of amides is 2. The first kappa shape index (κ1) is 13.3. The molecule has 6 nitrogen and oxygen atoms in total. The number of hydrogen-bond donors (Lipinski definition) is 2. The second-order valence-electron chi connectivity index (χ2n) is 4.69. The maximum atomic E-state index is 12.1. The van der Waals surface area contributed by atoms with Crippen LogP contribution >= 0.6 is 0 Å². The Morgan fingerprint density at radius 3 is 3.00 bits per heavy atom. The molecule has 1 saturated heterocycles. The second-order valence-corrected chi connectivity index (χ2v) is 4.69. The Morgan fingerprint density at radius 1 is 1.53 bits per heavy atom. The average molecular weight is 263 g/mol. The van der Waals surface area contributed by atoms with Gasteiger partial charge in [0, 0.05) is 19.3 Å². The van der Waals surface area contributed by atoms with Crippen molar-refractivity contribution in [1.29, 1.82) is 0 Å². The minimum absolute atomic E-state index is 0.262. The molecule has 0 saturated carbocycles. The Bertz CT molecular complexity index is 490. The highest BCUT2D eigenvalue weighted by molar-refractivity contribution is 5.90. The van der Waals surface area contributed by atoms with E-state index in [0.717, 1.165) is 12.1 Å². The fourth-order valence-corrected chi connectivity index (χ4v) is 2.17. The largest absolute Gasteiger partial charge is 0.481 e. The molecular formula is C13H17N3O3. The van der Waals surface area contributed by atoms with Crippen molar-refractivity contribution in [2.24, 2.45) is 5.92 Å². The van der Waals surface area contributed by atoms with E-state index in [1.54, 1.807) is 23.2 Å². The zero-order chi connectivity index (χ0) is 13.8. The number of aromatic nitrogens is 1. The number of carbonyl (C=O) groups is 2. The van der Waals surface area contributed by atoms with Crippen LogP contribution in [0.5, 0.6) is 0 Å². The molecule has 2 N–H and O–H groups in total. The van der Waals surface area contributed by atoms with E-state index in [1.807, 2.05) is 6.92 Å². The van der Waals surface area contributed by atoms with Gasteiger partial charge in [0.15, 0.2) is 0 Å². The summed E-state index contributed by atoms with van der Waals surface area (Å²) in [5.41, 5.74) is 1.40. The van der Waals surface area contributed by atoms with Crippen molar-refractivity contribution in [2.75, 3.05) is 18.4 Å². The van der Waals surface area contributed by atoms with Crippen LogP contribution in [0.2, 0.25) is 0 Å². The van der Waals surface area contributed by atoms with Crippen LogP contribution in [0.3, 0.4) is 0 Å². The van der Waals surface area contributed by atoms with E-state index in [2.05, 4.69) is 10.3 Å². The van der Waals surface area contributed by atoms with E-state index in [1.165, 1.54) is 0 Å². The molecule has 6 heteroatoms. The number of urea groups is 1. The van der Waals surface area contributed by atoms with Crippen molar-refractivity contribution in [3.05, 3.63) is 24.0 Å². The lowest BCUT2D eigenvalue weighted by Gasteiger charge is -2.30. The van der Waals surface area contributed by atoms with Gasteiger partial charge in [-0.2, -0.15) is 0 Å². The van der Waals surface area contributed by atoms with E-state index in [4.69, 9.17) is 5.11 Å². The van der Waals surface area contributed by atoms with E-state index in [-0.39, 0.29) is 12.6 Å². The van der Waals surface area contributed by atoms with Crippen LogP contribution in [0.25, 0.3) is 0 Å². The third-order valence-electron chi connectivity index (χ3n) is 3.31. The number of piperidine rings is 1. The van der Waals surface area contributed by atoms with Gasteiger partial charge in [0.1, 0.15) is 0 Å². The predicted molar refractivity (Wildman–Crippen MR) is 69.9 cm³/mol. The van der Waals surface area contributed by atoms with E-state index in [9.17, 15) is 9.59 Å². The lowest BCUT2D eigenvalue weighted by molar-refractivity contribution is -0.143. The number of hydrogen-bond acceptors (Lipinski definition) is 3. The Kier molecular flexibility index (Phi) is 3.99. The molecular weight excluding hydrogens is 246 g/mol. The van der Waals surface area contributed by atoms with E-state index >= 15 is 0 Å². The molecule has 0 aliphatic carbocycles. The first-order chi connectivity index (χ1) is 9.08. The second kappa shape index (κ2) is 5.69. The van der Waals surface area contributed by atoms with Gasteiger partial charge in [-0.3, -0.25) is 9.78 Å². The number of nitrogens with zero attached hydrogens (tertiary/aromatic N) is 2. The number of anilines is 1. The highest BCUT2D eigenvalue weighted by atomic mass is 16.4. The van der Waals surface area contributed by atoms with Crippen molar-refractivity contribution in [3.63, 3.8) is 0 Å². The number of aryl methyl sites for hydroxylation is 1. The van der Waals surface area contributed by atoms with Crippen LogP contribution in [-0.2, 0) is 4.79 Å². The topological polar surface area (TPSA) is 82.5 Å². The Hall–Kier alpha value is -2.11. The third kappa shape index (κ3) is 3.21. The molecule has 1 aliphatic rings. The van der Waals surface area contributed by atoms with Crippen LogP contribution in [0.15, 0.2) is 18.3 Å². The SMILES string of the molecule is Cc1ncccc1NC(=O)N1CCC[C@H](C(=O)O)C1. The van der Waals surface area contributed by atoms with Crippen molar-refractivity contribution in [3.8, 4) is 0 Å². The molecule has 1 aromatic rings. The van der Waals surface area contributed by atoms with E-state index < -0.39 is 11.9 Å². The van der Waals surface area contributed by atoms with Gasteiger partial charge in [0.2, 0.25) is 0 Å². The summed E-state index contributed by atoms with van der Waals surface area (Å²) >= 11 is 0. The summed E-state index contributed by atoms with van der Waals surface area (Å²) in [6, 6.07) is 3.26. The molecule has 102 valence electrons. The first-order valence-electron chi connectivity index (χ1n) is 6.28. The fourth-order valence-electron chi connectivity index (χ4n) is 2.17. The number of pyridine rings is 1. The quantitative estimate of drug-likeness (QED) is 0.851. The summed E-state index contributed by atoms with van der Waals surface area (Å²) in [6.07, 6.45) is 3.01. The number of rotatable bonds is 2. The van der Waals surface area contributed by atoms with Crippen molar-refractivity contribution >= 4 is 17.7 Å². The molecule has 1 fully saturated rings. The number of carboxylic acids is 1. The van der Waals surface area contributed by atoms with E-state index in [0.29, 0.717) is 18.7 Å². The van der Waals surface area contributed by atoms with Crippen molar-refractivity contribution in [2.45, 2.75) is 19.8 Å². The van der Waals surface area contributed by atoms with Gasteiger partial charge in [0.25, 0.3) is 0 Å². The zero-order valence-electron chi connectivity index (χ0n) is 10.8. The summed E-state index contributed by atoms with van der Waals surface area (Å²) in [5, 5.41) is 11.8. The van der Waals surface area contributed by atoms with Gasteiger partial charge in [-0.05, 0) is 31.9 Å². The Balaban J connectivity index is 2.00. The summed E-state index contributed by atoms with van der Waals surface area (Å²) in [6.45, 7) is 2.67. The van der Waals surface area contributed by atoms with Crippen LogP contribution in [0.4, 0.5) is 10.5 Å². The van der Waals surface area contributed by atoms with Crippen molar-refractivity contribution in [1.82, 2.24) is 9.88 Å². The molecule has 0 aromatic carbocycles. The normalized spacial score (nSPS) is 19.0. The van der Waals surface area contributed by atoms with Crippen LogP contribution < -0.4 is 5.32 Å². The summed E-state index contributed by atoms with van der Waals surface area (Å²) < 4.78 is 0. The minimum atomic E-state index is -0.838. The standard InChI is InChI=1S/C13H17N3O3/c1-9-11(5-2-6-14-9)15-13(19)16-7-3-4-10(8-16)12(17)18/h2,5-6,10H,3-4,7-8H2,1H3,(H,15,19)(H,17,18)/t10-/m0/s1. The van der Waals surface area contributed by atoms with Gasteiger partial charge >= 0.3 is 12.0 Å². The highest BCUT2D eigenvalue weighted by Crippen LogP contribution is 2.18. The number of carboxylic acid groups (broad SMARTS) is 1. The molecule has 1 aromatic heterocycles. The number of nitrogens with one attached hydrogen (secondary N) is 1. The highest BCUT2D eigenvalue weighted by Gasteiger charge is 2.28. The molecule has 1 atom stereocenters. The molecule has 0 unspecified atom stereocenters. The molecule has 0 radical (unpaired) electrons. The molecule has 2 heterocycles. The zero-order valence-corrected chi connectivity index (χ0v) is 10.8. The number of likely N-dealkylation sites (tertiary alicyclic amines) is 1. The number of aliphatic carboxylic acids is 1. The van der Waals surface area contributed by atoms with Crippen LogP contribution in [0.1, 0.15) is 18.5 Å². The molecule has 19 heavy (non-hydrogen) atoms. The molecule has 2 rings (SSSR count). The van der Waals surface area contributed by atoms with Crippen LogP contribution in [0, 0.1) is 12.8 Å². The first-order valence-corrected chi connectivity index (χ1v) is 6.28. The molecule has 0 bridgehead atoms. The molecule has 1 aliphatic heterocycles. The summed E-state index contributed by atoms with van der Waals surface area (Å²) in [4.78, 5) is 28.7. The van der Waals surface area contributed by atoms with Gasteiger partial charge in [-0.1, -0.05) is 0 Å². The Morgan fingerprint density at radius 2 is 2.32 bits per heavy atom. The molecule has 0 spiro atoms. The Labute approximate surface area is 111 Å². The minimum Gasteiger partial charge on any atom is -0.481 e. The third-order valence-corrected chi connectivity index (χ3v) is 3.31. The smallest absolute Gasteiger partial charge is 0.321 e. The maximum Gasteiger partial charge on any atom is 0.321 e. The average Bonchev–Trinajstić information content (AvgIpc) is 2.41. The molecule has 2 amide bonds. The lowest BCUT2D eigenvalue weighted by atomic mass is 9.99. The van der Waals surface area contributed by atoms with Crippen molar-refractivity contribution < 1.29 is 14.7 Å².